The van der Waals surface area contributed by atoms with Gasteiger partial charge in [-0.15, -0.1) is 0 Å². The molecule has 1 fully saturated rings. The van der Waals surface area contributed by atoms with Crippen molar-refractivity contribution in [2.24, 2.45) is 0 Å². The molecular weight excluding hydrogens is 383 g/mol. The molecule has 1 N–H and O–H groups in total. The second kappa shape index (κ2) is 8.55. The average Bonchev–Trinajstić information content (AvgIpc) is 2.73. The van der Waals surface area contributed by atoms with Crippen molar-refractivity contribution >= 4 is 11.9 Å². The molecule has 154 valence electrons. The van der Waals surface area contributed by atoms with E-state index >= 15 is 0 Å². The summed E-state index contributed by atoms with van der Waals surface area (Å²) < 4.78 is 38.4. The molecule has 5 nitrogen and oxygen atoms in total. The van der Waals surface area contributed by atoms with Crippen LogP contribution in [0.2, 0.25) is 0 Å². The van der Waals surface area contributed by atoms with Gasteiger partial charge in [0.05, 0.1) is 5.56 Å². The Morgan fingerprint density at radius 1 is 0.931 bits per heavy atom. The third-order valence-electron chi connectivity index (χ3n) is 4.86. The highest BCUT2D eigenvalue weighted by Crippen LogP contribution is 2.32. The molecule has 0 radical (unpaired) electrons. The van der Waals surface area contributed by atoms with E-state index in [1.807, 2.05) is 6.92 Å². The SMILES string of the molecule is CCNC(=O)N1CCN(C(=O)c2ccccc2-c2ccc(C(F)(F)F)cc2)CC1. The summed E-state index contributed by atoms with van der Waals surface area (Å²) in [4.78, 5) is 28.3. The van der Waals surface area contributed by atoms with Crippen LogP contribution in [0.4, 0.5) is 18.0 Å². The van der Waals surface area contributed by atoms with E-state index in [1.54, 1.807) is 34.1 Å². The third kappa shape index (κ3) is 4.70. The Morgan fingerprint density at radius 2 is 1.52 bits per heavy atom. The number of nitrogens with zero attached hydrogens (tertiary/aromatic N) is 2. The quantitative estimate of drug-likeness (QED) is 0.843. The van der Waals surface area contributed by atoms with Crippen LogP contribution < -0.4 is 5.32 Å². The zero-order valence-electron chi connectivity index (χ0n) is 16.0. The molecule has 1 saturated heterocycles. The Hall–Kier alpha value is -3.03. The van der Waals surface area contributed by atoms with Crippen molar-refractivity contribution in [3.05, 3.63) is 59.7 Å². The summed E-state index contributed by atoms with van der Waals surface area (Å²) in [6.45, 7) is 4.04. The lowest BCUT2D eigenvalue weighted by Crippen LogP contribution is -2.53. The first-order valence-electron chi connectivity index (χ1n) is 9.40. The largest absolute Gasteiger partial charge is 0.416 e. The molecule has 1 heterocycles. The van der Waals surface area contributed by atoms with Gasteiger partial charge in [0.1, 0.15) is 0 Å². The number of urea groups is 1. The molecule has 29 heavy (non-hydrogen) atoms. The van der Waals surface area contributed by atoms with Gasteiger partial charge < -0.3 is 15.1 Å². The Kier molecular flexibility index (Phi) is 6.10. The molecular formula is C21H22F3N3O2. The number of rotatable bonds is 3. The van der Waals surface area contributed by atoms with Gasteiger partial charge in [-0.25, -0.2) is 4.79 Å². The van der Waals surface area contributed by atoms with Crippen LogP contribution in [0.3, 0.4) is 0 Å². The number of piperazine rings is 1. The Bertz CT molecular complexity index is 873. The van der Waals surface area contributed by atoms with Gasteiger partial charge in [0, 0.05) is 38.3 Å². The van der Waals surface area contributed by atoms with E-state index < -0.39 is 11.7 Å². The van der Waals surface area contributed by atoms with Crippen LogP contribution in [-0.2, 0) is 6.18 Å². The zero-order valence-corrected chi connectivity index (χ0v) is 16.0. The number of hydrogen-bond acceptors (Lipinski definition) is 2. The van der Waals surface area contributed by atoms with E-state index in [4.69, 9.17) is 0 Å². The van der Waals surface area contributed by atoms with Gasteiger partial charge in [-0.2, -0.15) is 13.2 Å². The van der Waals surface area contributed by atoms with Crippen LogP contribution in [0.15, 0.2) is 48.5 Å². The van der Waals surface area contributed by atoms with Crippen molar-refractivity contribution in [3.63, 3.8) is 0 Å². The Balaban J connectivity index is 1.77. The molecule has 0 saturated carbocycles. The number of carbonyl (C=O) groups is 2. The van der Waals surface area contributed by atoms with Crippen LogP contribution in [-0.4, -0.2) is 54.5 Å². The highest BCUT2D eigenvalue weighted by molar-refractivity contribution is 6.01. The van der Waals surface area contributed by atoms with Gasteiger partial charge in [0.2, 0.25) is 0 Å². The van der Waals surface area contributed by atoms with Crippen LogP contribution in [0, 0.1) is 0 Å². The monoisotopic (exact) mass is 405 g/mol. The lowest BCUT2D eigenvalue weighted by Gasteiger charge is -2.35. The minimum atomic E-state index is -4.41. The van der Waals surface area contributed by atoms with Gasteiger partial charge in [-0.1, -0.05) is 30.3 Å². The lowest BCUT2D eigenvalue weighted by atomic mass is 9.97. The van der Waals surface area contributed by atoms with Gasteiger partial charge in [0.15, 0.2) is 0 Å². The van der Waals surface area contributed by atoms with Crippen LogP contribution in [0.5, 0.6) is 0 Å². The van der Waals surface area contributed by atoms with Gasteiger partial charge >= 0.3 is 12.2 Å². The number of nitrogens with one attached hydrogen (secondary N) is 1. The molecule has 2 aromatic carbocycles. The number of amides is 3. The molecule has 0 spiro atoms. The fourth-order valence-electron chi connectivity index (χ4n) is 3.31. The normalized spacial score (nSPS) is 14.6. The molecule has 1 aliphatic rings. The minimum Gasteiger partial charge on any atom is -0.338 e. The number of hydrogen-bond donors (Lipinski definition) is 1. The van der Waals surface area contributed by atoms with Crippen molar-refractivity contribution in [1.82, 2.24) is 15.1 Å². The highest BCUT2D eigenvalue weighted by Gasteiger charge is 2.30. The van der Waals surface area contributed by atoms with Crippen molar-refractivity contribution in [1.29, 1.82) is 0 Å². The fraction of sp³-hybridized carbons (Fsp3) is 0.333. The second-order valence-electron chi connectivity index (χ2n) is 6.74. The predicted molar refractivity (Wildman–Crippen MR) is 103 cm³/mol. The van der Waals surface area contributed by atoms with E-state index in [0.717, 1.165) is 12.1 Å². The van der Waals surface area contributed by atoms with Crippen molar-refractivity contribution in [2.75, 3.05) is 32.7 Å². The maximum Gasteiger partial charge on any atom is 0.416 e. The minimum absolute atomic E-state index is 0.148. The number of alkyl halides is 3. The first kappa shape index (κ1) is 20.7. The molecule has 3 amide bonds. The van der Waals surface area contributed by atoms with E-state index in [9.17, 15) is 22.8 Å². The first-order valence-corrected chi connectivity index (χ1v) is 9.40. The molecule has 0 bridgehead atoms. The van der Waals surface area contributed by atoms with Gasteiger partial charge in [0.25, 0.3) is 5.91 Å². The summed E-state index contributed by atoms with van der Waals surface area (Å²) in [5.74, 6) is -0.198. The van der Waals surface area contributed by atoms with Crippen molar-refractivity contribution < 1.29 is 22.8 Å². The van der Waals surface area contributed by atoms with Crippen molar-refractivity contribution in [2.45, 2.75) is 13.1 Å². The Morgan fingerprint density at radius 3 is 2.10 bits per heavy atom. The molecule has 0 aliphatic carbocycles. The third-order valence-corrected chi connectivity index (χ3v) is 4.86. The number of halogens is 3. The maximum atomic E-state index is 13.0. The van der Waals surface area contributed by atoms with E-state index in [2.05, 4.69) is 5.32 Å². The summed E-state index contributed by atoms with van der Waals surface area (Å²) >= 11 is 0. The number of carbonyl (C=O) groups excluding carboxylic acids is 2. The molecule has 0 aromatic heterocycles. The smallest absolute Gasteiger partial charge is 0.338 e. The lowest BCUT2D eigenvalue weighted by molar-refractivity contribution is -0.137. The molecule has 3 rings (SSSR count). The maximum absolute atomic E-state index is 13.0. The predicted octanol–water partition coefficient (Wildman–Crippen LogP) is 3.86. The van der Waals surface area contributed by atoms with Crippen LogP contribution in [0.25, 0.3) is 11.1 Å². The zero-order chi connectivity index (χ0) is 21.0. The van der Waals surface area contributed by atoms with Gasteiger partial charge in [-0.3, -0.25) is 4.79 Å². The summed E-state index contributed by atoms with van der Waals surface area (Å²) in [6, 6.07) is 11.5. The summed E-state index contributed by atoms with van der Waals surface area (Å²) in [7, 11) is 0. The van der Waals surface area contributed by atoms with Crippen molar-refractivity contribution in [3.8, 4) is 11.1 Å². The van der Waals surface area contributed by atoms with E-state index in [1.165, 1.54) is 12.1 Å². The molecule has 0 atom stereocenters. The fourth-order valence-corrected chi connectivity index (χ4v) is 3.31. The van der Waals surface area contributed by atoms with E-state index in [-0.39, 0.29) is 11.9 Å². The molecule has 2 aromatic rings. The summed E-state index contributed by atoms with van der Waals surface area (Å²) in [6.07, 6.45) is -4.41. The summed E-state index contributed by atoms with van der Waals surface area (Å²) in [5.41, 5.74) is 0.825. The average molecular weight is 405 g/mol. The molecule has 8 heteroatoms. The number of benzene rings is 2. The molecule has 0 unspecified atom stereocenters. The van der Waals surface area contributed by atoms with Crippen LogP contribution >= 0.6 is 0 Å². The molecule has 1 aliphatic heterocycles. The summed E-state index contributed by atoms with van der Waals surface area (Å²) in [5, 5.41) is 2.74. The second-order valence-corrected chi connectivity index (χ2v) is 6.74. The van der Waals surface area contributed by atoms with E-state index in [0.29, 0.717) is 49.4 Å². The topological polar surface area (TPSA) is 52.7 Å². The standard InChI is InChI=1S/C21H22F3N3O2/c1-2-25-20(29)27-13-11-26(12-14-27)19(28)18-6-4-3-5-17(18)15-7-9-16(10-8-15)21(22,23)24/h3-10H,2,11-14H2,1H3,(H,25,29). The first-order chi connectivity index (χ1) is 13.8. The highest BCUT2D eigenvalue weighted by atomic mass is 19.4. The Labute approximate surface area is 167 Å². The van der Waals surface area contributed by atoms with Gasteiger partial charge in [-0.05, 0) is 36.2 Å². The van der Waals surface area contributed by atoms with Crippen LogP contribution in [0.1, 0.15) is 22.8 Å².